The summed E-state index contributed by atoms with van der Waals surface area (Å²) in [5.74, 6) is 0.890. The second-order valence-corrected chi connectivity index (χ2v) is 15.8. The summed E-state index contributed by atoms with van der Waals surface area (Å²) < 4.78 is 2.30. The molecule has 6 heteroatoms. The van der Waals surface area contributed by atoms with E-state index < -0.39 is 5.41 Å². The number of hydrogen-bond donors (Lipinski definition) is 0. The van der Waals surface area contributed by atoms with Gasteiger partial charge in [-0.15, -0.1) is 38.8 Å². The minimum atomic E-state index is -0.712. The van der Waals surface area contributed by atoms with Crippen molar-refractivity contribution >= 4 is 38.9 Å². The molecule has 0 amide bonds. The van der Waals surface area contributed by atoms with Crippen LogP contribution >= 0.6 is 0 Å². The number of hydroxylamine groups is 1. The smallest absolute Gasteiger partial charge is 0.145 e. The molecule has 1 aliphatic carbocycles. The SMILES string of the molecule is CC(C)N1[OH+]N(c2[c-]c(C3(c4[c-]c5c(cc4)c4ccccc4n5-c4cc(C(C)(C)C)ccn4)c4ccccc4-c4ccccc43)ccc2)c2ccccc21.[Pt]. The molecule has 0 atom stereocenters. The molecule has 8 aromatic rings. The van der Waals surface area contributed by atoms with Crippen LogP contribution in [0.4, 0.5) is 17.1 Å². The van der Waals surface area contributed by atoms with Crippen LogP contribution in [0, 0.1) is 12.1 Å². The average Bonchev–Trinajstić information content (AvgIpc) is 3.85. The van der Waals surface area contributed by atoms with Crippen molar-refractivity contribution in [3.05, 3.63) is 186 Å². The first-order valence-electron chi connectivity index (χ1n) is 18.8. The summed E-state index contributed by atoms with van der Waals surface area (Å²) in [7, 11) is 0. The molecule has 0 saturated heterocycles. The van der Waals surface area contributed by atoms with Crippen LogP contribution in [-0.4, -0.2) is 20.5 Å². The number of nitrogens with zero attached hydrogens (tertiary/aromatic N) is 4. The van der Waals surface area contributed by atoms with Crippen molar-refractivity contribution in [2.75, 3.05) is 10.1 Å². The molecular formula is C49H41N4OPt-. The van der Waals surface area contributed by atoms with Gasteiger partial charge in [0, 0.05) is 43.9 Å². The van der Waals surface area contributed by atoms with Gasteiger partial charge in [0.1, 0.15) is 17.2 Å². The standard InChI is InChI=1S/C49H40N4O.Pt/c1-32(2)52-44-23-12-13-24-45(44)53(54-52)36-16-14-15-34(29-36)49(41-20-9-6-17-37(41)38-18-7-10-21-42(38)49)35-25-26-40-39-19-8-11-22-43(39)51(46(40)30-35)47-31-33(27-28-50-47)48(3,4)5;/h6-28,31-32H,1-5H3;/q-2;/p+1. The fraction of sp³-hybridized carbons (Fsp3) is 0.163. The maximum absolute atomic E-state index is 5.13. The summed E-state index contributed by atoms with van der Waals surface area (Å²) >= 11 is 0. The predicted molar refractivity (Wildman–Crippen MR) is 220 cm³/mol. The van der Waals surface area contributed by atoms with Gasteiger partial charge in [-0.1, -0.05) is 105 Å². The number of para-hydroxylation sites is 3. The number of fused-ring (bicyclic) bond motifs is 7. The molecule has 1 aliphatic heterocycles. The van der Waals surface area contributed by atoms with E-state index in [2.05, 4.69) is 196 Å². The van der Waals surface area contributed by atoms with Gasteiger partial charge in [-0.2, -0.15) is 35.3 Å². The first kappa shape index (κ1) is 35.2. The second kappa shape index (κ2) is 13.1. The van der Waals surface area contributed by atoms with Crippen LogP contribution < -0.4 is 10.1 Å². The summed E-state index contributed by atoms with van der Waals surface area (Å²) in [4.78, 5) is 10.1. The molecule has 0 fully saturated rings. The molecule has 5 nitrogen and oxygen atoms in total. The number of rotatable bonds is 5. The molecule has 6 aromatic carbocycles. The Labute approximate surface area is 337 Å². The van der Waals surface area contributed by atoms with Crippen LogP contribution in [0.3, 0.4) is 0 Å². The summed E-state index contributed by atoms with van der Waals surface area (Å²) in [6.45, 7) is 11.1. The summed E-state index contributed by atoms with van der Waals surface area (Å²) in [5, 5.41) is 6.45. The predicted octanol–water partition coefficient (Wildman–Crippen LogP) is 11.6. The van der Waals surface area contributed by atoms with Gasteiger partial charge in [-0.25, -0.2) is 4.98 Å². The van der Waals surface area contributed by atoms with E-state index in [-0.39, 0.29) is 32.5 Å². The van der Waals surface area contributed by atoms with Crippen molar-refractivity contribution in [1.29, 1.82) is 0 Å². The molecule has 0 spiro atoms. The van der Waals surface area contributed by atoms with Crippen LogP contribution in [0.15, 0.2) is 146 Å². The summed E-state index contributed by atoms with van der Waals surface area (Å²) in [6, 6.07) is 58.4. The molecular weight excluding hydrogens is 856 g/mol. The Bertz CT molecular complexity index is 2710. The maximum atomic E-state index is 5.13. The maximum Gasteiger partial charge on any atom is 0.145 e. The largest absolute Gasteiger partial charge is 0.319 e. The third kappa shape index (κ3) is 5.24. The van der Waals surface area contributed by atoms with E-state index in [9.17, 15) is 0 Å². The van der Waals surface area contributed by atoms with Crippen LogP contribution in [-0.2, 0) is 31.9 Å². The van der Waals surface area contributed by atoms with Crippen molar-refractivity contribution in [1.82, 2.24) is 9.55 Å². The first-order chi connectivity index (χ1) is 26.2. The first-order valence-corrected chi connectivity index (χ1v) is 18.8. The van der Waals surface area contributed by atoms with Crippen molar-refractivity contribution in [3.63, 3.8) is 0 Å². The quantitative estimate of drug-likeness (QED) is 0.128. The third-order valence-electron chi connectivity index (χ3n) is 11.2. The summed E-state index contributed by atoms with van der Waals surface area (Å²) in [6.07, 6.45) is 1.94. The van der Waals surface area contributed by atoms with Crippen LogP contribution in [0.1, 0.15) is 62.4 Å². The molecule has 10 rings (SSSR count). The van der Waals surface area contributed by atoms with Gasteiger partial charge >= 0.3 is 0 Å². The van der Waals surface area contributed by atoms with E-state index >= 15 is 0 Å². The molecule has 274 valence electrons. The minimum absolute atomic E-state index is 0. The molecule has 0 unspecified atom stereocenters. The van der Waals surface area contributed by atoms with Gasteiger partial charge in [-0.05, 0) is 82.8 Å². The van der Waals surface area contributed by atoms with Crippen molar-refractivity contribution in [3.8, 4) is 16.9 Å². The summed E-state index contributed by atoms with van der Waals surface area (Å²) in [5.41, 5.74) is 12.6. The van der Waals surface area contributed by atoms with Crippen molar-refractivity contribution < 1.29 is 26.0 Å². The van der Waals surface area contributed by atoms with E-state index in [1.807, 2.05) is 11.3 Å². The van der Waals surface area contributed by atoms with Gasteiger partial charge in [0.2, 0.25) is 0 Å². The van der Waals surface area contributed by atoms with Crippen LogP contribution in [0.5, 0.6) is 0 Å². The van der Waals surface area contributed by atoms with Gasteiger partial charge in [0.15, 0.2) is 0 Å². The Morgan fingerprint density at radius 2 is 1.31 bits per heavy atom. The molecule has 1 N–H and O–H groups in total. The molecule has 3 heterocycles. The van der Waals surface area contributed by atoms with E-state index in [0.29, 0.717) is 0 Å². The second-order valence-electron chi connectivity index (χ2n) is 15.8. The zero-order valence-electron chi connectivity index (χ0n) is 31.5. The Morgan fingerprint density at radius 1 is 0.655 bits per heavy atom. The zero-order chi connectivity index (χ0) is 36.8. The fourth-order valence-corrected chi connectivity index (χ4v) is 8.71. The molecule has 55 heavy (non-hydrogen) atoms. The van der Waals surface area contributed by atoms with E-state index in [1.54, 1.807) is 0 Å². The van der Waals surface area contributed by atoms with E-state index in [4.69, 9.17) is 9.92 Å². The molecule has 0 bridgehead atoms. The third-order valence-corrected chi connectivity index (χ3v) is 11.2. The Morgan fingerprint density at radius 3 is 2.04 bits per heavy atom. The molecule has 2 aromatic heterocycles. The number of benzene rings is 6. The topological polar surface area (TPSA) is 37.1 Å². The Kier molecular flexibility index (Phi) is 8.38. The zero-order valence-corrected chi connectivity index (χ0v) is 33.8. The number of hydrogen-bond acceptors (Lipinski definition) is 3. The van der Waals surface area contributed by atoms with Crippen LogP contribution in [0.25, 0.3) is 38.8 Å². The van der Waals surface area contributed by atoms with Gasteiger partial charge in [0.05, 0.1) is 6.04 Å². The number of anilines is 3. The van der Waals surface area contributed by atoms with Gasteiger partial charge in [0.25, 0.3) is 0 Å². The molecule has 2 aliphatic rings. The Hall–Kier alpha value is -5.48. The monoisotopic (exact) mass is 896 g/mol. The normalized spacial score (nSPS) is 14.3. The number of aromatic nitrogens is 2. The van der Waals surface area contributed by atoms with Gasteiger partial charge in [-0.3, -0.25) is 0 Å². The number of pyridine rings is 1. The van der Waals surface area contributed by atoms with Crippen LogP contribution in [0.2, 0.25) is 0 Å². The fourth-order valence-electron chi connectivity index (χ4n) is 8.71. The average molecular weight is 897 g/mol. The van der Waals surface area contributed by atoms with Gasteiger partial charge < -0.3 is 4.57 Å². The van der Waals surface area contributed by atoms with E-state index in [0.717, 1.165) is 50.4 Å². The minimum Gasteiger partial charge on any atom is -0.319 e. The van der Waals surface area contributed by atoms with Crippen molar-refractivity contribution in [2.24, 2.45) is 0 Å². The van der Waals surface area contributed by atoms with Crippen molar-refractivity contribution in [2.45, 2.75) is 51.5 Å². The molecule has 0 saturated carbocycles. The Balaban J connectivity index is 0.00000397. The van der Waals surface area contributed by atoms with E-state index in [1.165, 1.54) is 33.2 Å². The molecule has 0 radical (unpaired) electrons.